The topological polar surface area (TPSA) is 56.5 Å². The number of carbonyl (C=O) groups is 1. The number of benzene rings is 3. The number of hydrogen-bond donors (Lipinski definition) is 0. The van der Waals surface area contributed by atoms with Crippen LogP contribution in [0.15, 0.2) is 77.8 Å². The highest BCUT2D eigenvalue weighted by molar-refractivity contribution is 6.31. The lowest BCUT2D eigenvalue weighted by molar-refractivity contribution is 0.0601. The zero-order valence-corrected chi connectivity index (χ0v) is 22.5. The fourth-order valence-corrected chi connectivity index (χ4v) is 4.50. The second-order valence-corrected chi connectivity index (χ2v) is 9.52. The zero-order chi connectivity index (χ0) is 26.2. The van der Waals surface area contributed by atoms with Crippen LogP contribution in [-0.4, -0.2) is 28.8 Å². The van der Waals surface area contributed by atoms with E-state index in [2.05, 4.69) is 33.6 Å². The van der Waals surface area contributed by atoms with Gasteiger partial charge in [-0.15, -0.1) is 0 Å². The lowest BCUT2D eigenvalue weighted by atomic mass is 9.98. The van der Waals surface area contributed by atoms with Crippen LogP contribution >= 0.6 is 23.2 Å². The van der Waals surface area contributed by atoms with Crippen molar-refractivity contribution in [3.8, 4) is 11.1 Å². The summed E-state index contributed by atoms with van der Waals surface area (Å²) >= 11 is 12.6. The van der Waals surface area contributed by atoms with Crippen molar-refractivity contribution in [2.45, 2.75) is 39.3 Å². The molecule has 0 amide bonds. The molecule has 0 aliphatic heterocycles. The summed E-state index contributed by atoms with van der Waals surface area (Å²) in [5.41, 5.74) is 5.28. The number of methoxy groups -OCH3 is 1. The van der Waals surface area contributed by atoms with Crippen molar-refractivity contribution < 1.29 is 9.53 Å². The molecule has 0 atom stereocenters. The van der Waals surface area contributed by atoms with Gasteiger partial charge in [-0.25, -0.2) is 9.78 Å². The Hall–Kier alpha value is -3.41. The van der Waals surface area contributed by atoms with Crippen molar-refractivity contribution in [1.29, 1.82) is 0 Å². The van der Waals surface area contributed by atoms with Gasteiger partial charge in [0.2, 0.25) is 0 Å². The molecule has 4 rings (SSSR count). The molecule has 0 saturated heterocycles. The fraction of sp³-hybridized carbons (Fsp3) is 0.233. The minimum Gasteiger partial charge on any atom is -0.465 e. The highest BCUT2D eigenvalue weighted by Crippen LogP contribution is 2.26. The molecule has 4 aromatic rings. The number of halogens is 2. The van der Waals surface area contributed by atoms with Crippen molar-refractivity contribution in [3.63, 3.8) is 0 Å². The Bertz CT molecular complexity index is 1380. The maximum atomic E-state index is 12.2. The number of aromatic nitrogens is 2. The summed E-state index contributed by atoms with van der Waals surface area (Å²) in [6.07, 6.45) is 4.74. The smallest absolute Gasteiger partial charge is 0.338 e. The quantitative estimate of drug-likeness (QED) is 0.155. The Labute approximate surface area is 227 Å². The third-order valence-electron chi connectivity index (χ3n) is 6.13. The highest BCUT2D eigenvalue weighted by atomic mass is 35.5. The average Bonchev–Trinajstić information content (AvgIpc) is 3.22. The zero-order valence-electron chi connectivity index (χ0n) is 21.0. The third-order valence-corrected chi connectivity index (χ3v) is 6.66. The van der Waals surface area contributed by atoms with Crippen molar-refractivity contribution in [2.75, 3.05) is 7.11 Å². The Kier molecular flexibility index (Phi) is 9.15. The number of aryl methyl sites for hydroxylation is 1. The van der Waals surface area contributed by atoms with Crippen LogP contribution in [0.3, 0.4) is 0 Å². The number of hydrogen-bond acceptors (Lipinski definition) is 4. The summed E-state index contributed by atoms with van der Waals surface area (Å²) in [6, 6.07) is 23.3. The van der Waals surface area contributed by atoms with Crippen molar-refractivity contribution in [1.82, 2.24) is 9.55 Å². The first kappa shape index (κ1) is 26.6. The summed E-state index contributed by atoms with van der Waals surface area (Å²) in [7, 11) is 1.39. The van der Waals surface area contributed by atoms with Crippen LogP contribution in [0.5, 0.6) is 0 Å². The van der Waals surface area contributed by atoms with E-state index in [9.17, 15) is 4.79 Å². The second-order valence-electron chi connectivity index (χ2n) is 8.72. The summed E-state index contributed by atoms with van der Waals surface area (Å²) in [6.45, 7) is 3.30. The van der Waals surface area contributed by atoms with Crippen molar-refractivity contribution in [2.24, 2.45) is 4.99 Å². The molecule has 0 unspecified atom stereocenters. The SMILES string of the molecule is CCCCc1nc(Cl)c(C=NCc2ccc(Cl)cc2)n1Cc1ccc(-c2ccccc2C(=O)OC)cc1. The minimum atomic E-state index is -0.351. The molecule has 0 fully saturated rings. The molecule has 1 aromatic heterocycles. The molecule has 1 heterocycles. The minimum absolute atomic E-state index is 0.351. The van der Waals surface area contributed by atoms with Crippen LogP contribution in [0.25, 0.3) is 11.1 Å². The molecule has 0 N–H and O–H groups in total. The number of ether oxygens (including phenoxy) is 1. The molecule has 190 valence electrons. The van der Waals surface area contributed by atoms with Gasteiger partial charge in [0.05, 0.1) is 24.9 Å². The first-order valence-corrected chi connectivity index (χ1v) is 13.0. The first-order chi connectivity index (χ1) is 18.0. The monoisotopic (exact) mass is 533 g/mol. The van der Waals surface area contributed by atoms with E-state index in [1.54, 1.807) is 12.3 Å². The number of unbranched alkanes of at least 4 members (excludes halogenated alkanes) is 1. The van der Waals surface area contributed by atoms with Gasteiger partial charge in [-0.2, -0.15) is 0 Å². The van der Waals surface area contributed by atoms with E-state index in [-0.39, 0.29) is 5.97 Å². The van der Waals surface area contributed by atoms with Crippen LogP contribution in [0.4, 0.5) is 0 Å². The predicted molar refractivity (Wildman–Crippen MR) is 151 cm³/mol. The normalized spacial score (nSPS) is 11.2. The molecule has 37 heavy (non-hydrogen) atoms. The Balaban J connectivity index is 1.59. The number of aliphatic imine (C=N–C) groups is 1. The predicted octanol–water partition coefficient (Wildman–Crippen LogP) is 7.65. The lowest BCUT2D eigenvalue weighted by Crippen LogP contribution is -2.09. The molecule has 0 spiro atoms. The van der Waals surface area contributed by atoms with Crippen LogP contribution in [0, 0.1) is 0 Å². The van der Waals surface area contributed by atoms with Crippen LogP contribution in [-0.2, 0) is 24.2 Å². The molecule has 7 heteroatoms. The van der Waals surface area contributed by atoms with Crippen molar-refractivity contribution >= 4 is 35.4 Å². The molecule has 0 bridgehead atoms. The lowest BCUT2D eigenvalue weighted by Gasteiger charge is -2.12. The van der Waals surface area contributed by atoms with Gasteiger partial charge in [0.25, 0.3) is 0 Å². The van der Waals surface area contributed by atoms with Gasteiger partial charge >= 0.3 is 5.97 Å². The number of esters is 1. The van der Waals surface area contributed by atoms with Gasteiger partial charge in [0.15, 0.2) is 5.15 Å². The molecule has 0 radical (unpaired) electrons. The Morgan fingerprint density at radius 1 is 1.00 bits per heavy atom. The highest BCUT2D eigenvalue weighted by Gasteiger charge is 2.16. The number of rotatable bonds is 10. The third kappa shape index (κ3) is 6.68. The molecule has 5 nitrogen and oxygen atoms in total. The van der Waals surface area contributed by atoms with Crippen molar-refractivity contribution in [3.05, 3.63) is 111 Å². The van der Waals surface area contributed by atoms with E-state index in [1.165, 1.54) is 7.11 Å². The first-order valence-electron chi connectivity index (χ1n) is 12.3. The van der Waals surface area contributed by atoms with E-state index in [0.717, 1.165) is 53.0 Å². The standard InChI is InChI=1S/C30H29Cl2N3O2/c1-3-4-9-28-34-29(32)27(19-33-18-21-12-16-24(31)17-13-21)35(28)20-22-10-14-23(15-11-22)25-7-5-6-8-26(25)30(36)37-2/h5-8,10-17,19H,3-4,9,18,20H2,1-2H3. The average molecular weight is 534 g/mol. The number of imidazole rings is 1. The molecular formula is C30H29Cl2N3O2. The van der Waals surface area contributed by atoms with E-state index in [1.807, 2.05) is 54.6 Å². The van der Waals surface area contributed by atoms with Crippen LogP contribution < -0.4 is 0 Å². The van der Waals surface area contributed by atoms with Gasteiger partial charge in [-0.05, 0) is 46.9 Å². The van der Waals surface area contributed by atoms with Gasteiger partial charge in [0, 0.05) is 24.2 Å². The number of nitrogens with zero attached hydrogens (tertiary/aromatic N) is 3. The van der Waals surface area contributed by atoms with Crippen LogP contribution in [0.1, 0.15) is 52.8 Å². The molecular weight excluding hydrogens is 505 g/mol. The summed E-state index contributed by atoms with van der Waals surface area (Å²) in [4.78, 5) is 21.5. The summed E-state index contributed by atoms with van der Waals surface area (Å²) in [5.74, 6) is 0.593. The maximum Gasteiger partial charge on any atom is 0.338 e. The van der Waals surface area contributed by atoms with Crippen LogP contribution in [0.2, 0.25) is 10.2 Å². The van der Waals surface area contributed by atoms with E-state index in [0.29, 0.717) is 28.8 Å². The summed E-state index contributed by atoms with van der Waals surface area (Å²) < 4.78 is 7.09. The maximum absolute atomic E-state index is 12.2. The Morgan fingerprint density at radius 3 is 2.41 bits per heavy atom. The summed E-state index contributed by atoms with van der Waals surface area (Å²) in [5, 5.41) is 1.16. The van der Waals surface area contributed by atoms with Gasteiger partial charge in [0.1, 0.15) is 5.82 Å². The number of carbonyl (C=O) groups excluding carboxylic acids is 1. The molecule has 3 aromatic carbocycles. The van der Waals surface area contributed by atoms with E-state index >= 15 is 0 Å². The van der Waals surface area contributed by atoms with E-state index < -0.39 is 0 Å². The van der Waals surface area contributed by atoms with Gasteiger partial charge in [-0.1, -0.05) is 91.1 Å². The molecule has 0 aliphatic rings. The molecule has 0 saturated carbocycles. The van der Waals surface area contributed by atoms with Gasteiger partial charge < -0.3 is 9.30 Å². The second kappa shape index (κ2) is 12.7. The largest absolute Gasteiger partial charge is 0.465 e. The van der Waals surface area contributed by atoms with E-state index in [4.69, 9.17) is 27.9 Å². The van der Waals surface area contributed by atoms with Gasteiger partial charge in [-0.3, -0.25) is 4.99 Å². The Morgan fingerprint density at radius 2 is 1.70 bits per heavy atom. The molecule has 0 aliphatic carbocycles. The fourth-order valence-electron chi connectivity index (χ4n) is 4.13.